The Kier molecular flexibility index (Phi) is 7.87. The monoisotopic (exact) mass is 227 g/mol. The maximum atomic E-state index is 5.22. The standard InChI is InChI=1S/C14H29NO/c1-3-4-5-6-7-8-9-10-11-15(2)12-14-13-16-14/h14H,3-13H2,1-2H3. The van der Waals surface area contributed by atoms with Gasteiger partial charge in [0.15, 0.2) is 0 Å². The highest BCUT2D eigenvalue weighted by Crippen LogP contribution is 2.11. The number of nitrogens with zero attached hydrogens (tertiary/aromatic N) is 1. The van der Waals surface area contributed by atoms with Crippen molar-refractivity contribution in [2.24, 2.45) is 0 Å². The quantitative estimate of drug-likeness (QED) is 0.397. The van der Waals surface area contributed by atoms with E-state index in [4.69, 9.17) is 4.74 Å². The molecule has 1 rings (SSSR count). The lowest BCUT2D eigenvalue weighted by Crippen LogP contribution is -2.24. The summed E-state index contributed by atoms with van der Waals surface area (Å²) in [5.74, 6) is 0. The summed E-state index contributed by atoms with van der Waals surface area (Å²) in [6, 6.07) is 0. The van der Waals surface area contributed by atoms with Gasteiger partial charge in [-0.05, 0) is 20.0 Å². The Bertz CT molecular complexity index is 157. The average molecular weight is 227 g/mol. The molecule has 0 aromatic rings. The van der Waals surface area contributed by atoms with Gasteiger partial charge in [-0.3, -0.25) is 0 Å². The zero-order valence-corrected chi connectivity index (χ0v) is 11.2. The predicted molar refractivity (Wildman–Crippen MR) is 69.8 cm³/mol. The first-order chi connectivity index (χ1) is 7.83. The Labute approximate surface area is 101 Å². The number of epoxide rings is 1. The maximum absolute atomic E-state index is 5.22. The topological polar surface area (TPSA) is 15.8 Å². The normalized spacial score (nSPS) is 19.3. The molecule has 1 atom stereocenters. The van der Waals surface area contributed by atoms with Gasteiger partial charge < -0.3 is 9.64 Å². The molecule has 96 valence electrons. The van der Waals surface area contributed by atoms with Crippen LogP contribution in [0.3, 0.4) is 0 Å². The Morgan fingerprint density at radius 3 is 2.12 bits per heavy atom. The van der Waals surface area contributed by atoms with Crippen molar-refractivity contribution >= 4 is 0 Å². The Hall–Kier alpha value is -0.0800. The summed E-state index contributed by atoms with van der Waals surface area (Å²) >= 11 is 0. The lowest BCUT2D eigenvalue weighted by Gasteiger charge is -2.14. The number of ether oxygens (including phenoxy) is 1. The van der Waals surface area contributed by atoms with Crippen LogP contribution < -0.4 is 0 Å². The van der Waals surface area contributed by atoms with E-state index in [2.05, 4.69) is 18.9 Å². The molecular weight excluding hydrogens is 198 g/mol. The summed E-state index contributed by atoms with van der Waals surface area (Å²) in [5, 5.41) is 0. The van der Waals surface area contributed by atoms with Crippen LogP contribution in [0.5, 0.6) is 0 Å². The molecule has 0 radical (unpaired) electrons. The van der Waals surface area contributed by atoms with Crippen LogP contribution in [-0.2, 0) is 4.74 Å². The minimum Gasteiger partial charge on any atom is -0.372 e. The molecule has 1 aliphatic rings. The fourth-order valence-corrected chi connectivity index (χ4v) is 2.13. The fourth-order valence-electron chi connectivity index (χ4n) is 2.13. The van der Waals surface area contributed by atoms with Crippen molar-refractivity contribution in [2.45, 2.75) is 64.4 Å². The molecule has 0 saturated carbocycles. The molecule has 1 fully saturated rings. The summed E-state index contributed by atoms with van der Waals surface area (Å²) < 4.78 is 5.22. The first kappa shape index (κ1) is 14.0. The van der Waals surface area contributed by atoms with Gasteiger partial charge in [-0.2, -0.15) is 0 Å². The van der Waals surface area contributed by atoms with Gasteiger partial charge in [-0.25, -0.2) is 0 Å². The van der Waals surface area contributed by atoms with Gasteiger partial charge in [-0.15, -0.1) is 0 Å². The molecule has 0 aromatic carbocycles. The Morgan fingerprint density at radius 1 is 1.00 bits per heavy atom. The van der Waals surface area contributed by atoms with E-state index in [0.29, 0.717) is 6.10 Å². The molecule has 0 aliphatic carbocycles. The minimum atomic E-state index is 0.555. The molecule has 0 amide bonds. The van der Waals surface area contributed by atoms with Gasteiger partial charge >= 0.3 is 0 Å². The first-order valence-electron chi connectivity index (χ1n) is 7.13. The van der Waals surface area contributed by atoms with Crippen LogP contribution in [0.1, 0.15) is 58.3 Å². The molecule has 1 aliphatic heterocycles. The highest BCUT2D eigenvalue weighted by atomic mass is 16.6. The average Bonchev–Trinajstić information content (AvgIpc) is 3.06. The van der Waals surface area contributed by atoms with E-state index in [1.165, 1.54) is 57.9 Å². The SMILES string of the molecule is CCCCCCCCCCN(C)CC1CO1. The van der Waals surface area contributed by atoms with Crippen molar-refractivity contribution in [3.8, 4) is 0 Å². The molecule has 2 heteroatoms. The van der Waals surface area contributed by atoms with E-state index in [-0.39, 0.29) is 0 Å². The molecule has 0 bridgehead atoms. The third kappa shape index (κ3) is 8.12. The van der Waals surface area contributed by atoms with Crippen LogP contribution in [0.25, 0.3) is 0 Å². The second kappa shape index (κ2) is 9.00. The summed E-state index contributed by atoms with van der Waals surface area (Å²) in [7, 11) is 2.21. The third-order valence-electron chi connectivity index (χ3n) is 3.31. The fraction of sp³-hybridized carbons (Fsp3) is 1.00. The van der Waals surface area contributed by atoms with Crippen LogP contribution in [0.2, 0.25) is 0 Å². The summed E-state index contributed by atoms with van der Waals surface area (Å²) in [4.78, 5) is 2.41. The van der Waals surface area contributed by atoms with Gasteiger partial charge in [0.2, 0.25) is 0 Å². The lowest BCUT2D eigenvalue weighted by molar-refractivity contribution is 0.278. The van der Waals surface area contributed by atoms with Crippen LogP contribution in [-0.4, -0.2) is 37.7 Å². The van der Waals surface area contributed by atoms with E-state index in [1.807, 2.05) is 0 Å². The number of hydrogen-bond donors (Lipinski definition) is 0. The van der Waals surface area contributed by atoms with Gasteiger partial charge in [0.25, 0.3) is 0 Å². The molecule has 0 N–H and O–H groups in total. The number of unbranched alkanes of at least 4 members (excludes halogenated alkanes) is 7. The molecule has 2 nitrogen and oxygen atoms in total. The highest BCUT2D eigenvalue weighted by Gasteiger charge is 2.23. The minimum absolute atomic E-state index is 0.555. The van der Waals surface area contributed by atoms with Crippen molar-refractivity contribution in [3.63, 3.8) is 0 Å². The van der Waals surface area contributed by atoms with Crippen LogP contribution in [0, 0.1) is 0 Å². The molecule has 1 saturated heterocycles. The van der Waals surface area contributed by atoms with Crippen molar-refractivity contribution in [1.29, 1.82) is 0 Å². The first-order valence-corrected chi connectivity index (χ1v) is 7.13. The number of likely N-dealkylation sites (N-methyl/N-ethyl adjacent to an activating group) is 1. The van der Waals surface area contributed by atoms with E-state index in [0.717, 1.165) is 13.2 Å². The van der Waals surface area contributed by atoms with Crippen LogP contribution in [0.15, 0.2) is 0 Å². The number of hydrogen-bond acceptors (Lipinski definition) is 2. The van der Waals surface area contributed by atoms with Gasteiger partial charge in [0.1, 0.15) is 0 Å². The smallest absolute Gasteiger partial charge is 0.0936 e. The maximum Gasteiger partial charge on any atom is 0.0936 e. The molecule has 1 unspecified atom stereocenters. The molecule has 1 heterocycles. The van der Waals surface area contributed by atoms with Gasteiger partial charge in [0, 0.05) is 6.54 Å². The van der Waals surface area contributed by atoms with Gasteiger partial charge in [-0.1, -0.05) is 51.9 Å². The zero-order chi connectivity index (χ0) is 11.6. The van der Waals surface area contributed by atoms with Crippen molar-refractivity contribution in [3.05, 3.63) is 0 Å². The summed E-state index contributed by atoms with van der Waals surface area (Å²) in [5.41, 5.74) is 0. The molecule has 0 spiro atoms. The summed E-state index contributed by atoms with van der Waals surface area (Å²) in [6.45, 7) is 5.65. The van der Waals surface area contributed by atoms with Crippen molar-refractivity contribution in [2.75, 3.05) is 26.7 Å². The van der Waals surface area contributed by atoms with E-state index in [9.17, 15) is 0 Å². The van der Waals surface area contributed by atoms with Gasteiger partial charge in [0.05, 0.1) is 12.7 Å². The van der Waals surface area contributed by atoms with Crippen molar-refractivity contribution < 1.29 is 4.74 Å². The Balaban J connectivity index is 1.73. The predicted octanol–water partition coefficient (Wildman–Crippen LogP) is 3.46. The van der Waals surface area contributed by atoms with E-state index < -0.39 is 0 Å². The third-order valence-corrected chi connectivity index (χ3v) is 3.31. The Morgan fingerprint density at radius 2 is 1.56 bits per heavy atom. The van der Waals surface area contributed by atoms with E-state index in [1.54, 1.807) is 0 Å². The van der Waals surface area contributed by atoms with Crippen molar-refractivity contribution in [1.82, 2.24) is 4.90 Å². The molecule has 0 aromatic heterocycles. The molecular formula is C14H29NO. The van der Waals surface area contributed by atoms with Crippen LogP contribution in [0.4, 0.5) is 0 Å². The largest absolute Gasteiger partial charge is 0.372 e. The molecule has 16 heavy (non-hydrogen) atoms. The van der Waals surface area contributed by atoms with Crippen LogP contribution >= 0.6 is 0 Å². The zero-order valence-electron chi connectivity index (χ0n) is 11.2. The lowest BCUT2D eigenvalue weighted by atomic mass is 10.1. The highest BCUT2D eigenvalue weighted by molar-refractivity contribution is 4.72. The summed E-state index contributed by atoms with van der Waals surface area (Å²) in [6.07, 6.45) is 11.8. The van der Waals surface area contributed by atoms with E-state index >= 15 is 0 Å². The number of rotatable bonds is 11. The second-order valence-corrected chi connectivity index (χ2v) is 5.19. The second-order valence-electron chi connectivity index (χ2n) is 5.19.